The van der Waals surface area contributed by atoms with E-state index in [-0.39, 0.29) is 24.4 Å². The van der Waals surface area contributed by atoms with Crippen LogP contribution in [0.3, 0.4) is 0 Å². The molecule has 1 aromatic rings. The number of unbranched alkanes of at least 4 members (excludes halogenated alkanes) is 2. The molecule has 0 atom stereocenters. The van der Waals surface area contributed by atoms with E-state index < -0.39 is 0 Å². The molecule has 0 bridgehead atoms. The van der Waals surface area contributed by atoms with Crippen molar-refractivity contribution in [2.45, 2.75) is 32.4 Å². The van der Waals surface area contributed by atoms with Gasteiger partial charge in [-0.05, 0) is 26.3 Å². The second-order valence-electron chi connectivity index (χ2n) is 4.95. The molecule has 20 heavy (non-hydrogen) atoms. The van der Waals surface area contributed by atoms with E-state index in [1.54, 1.807) is 0 Å². The number of aryl methyl sites for hydroxylation is 1. The van der Waals surface area contributed by atoms with Gasteiger partial charge in [0.2, 0.25) is 5.43 Å². The van der Waals surface area contributed by atoms with Gasteiger partial charge in [0.05, 0.1) is 12.8 Å². The minimum Gasteiger partial charge on any atom is -0.503 e. The normalized spacial score (nSPS) is 11.2. The number of rotatable bonds is 9. The van der Waals surface area contributed by atoms with Crippen molar-refractivity contribution in [1.82, 2.24) is 9.47 Å². The maximum Gasteiger partial charge on any atom is 0.223 e. The average Bonchev–Trinajstić information content (AvgIpc) is 2.40. The van der Waals surface area contributed by atoms with Gasteiger partial charge >= 0.3 is 0 Å². The first-order chi connectivity index (χ1) is 9.58. The largest absolute Gasteiger partial charge is 0.503 e. The summed E-state index contributed by atoms with van der Waals surface area (Å²) < 4.78 is 1.86. The lowest BCUT2D eigenvalue weighted by molar-refractivity contribution is 0.214. The van der Waals surface area contributed by atoms with E-state index in [0.717, 1.165) is 25.0 Å². The molecular formula is C14H24N2O4. The van der Waals surface area contributed by atoms with Crippen molar-refractivity contribution in [2.75, 3.05) is 26.8 Å². The van der Waals surface area contributed by atoms with Crippen molar-refractivity contribution in [1.29, 1.82) is 0 Å². The molecule has 0 aromatic carbocycles. The van der Waals surface area contributed by atoms with Crippen molar-refractivity contribution in [3.63, 3.8) is 0 Å². The number of nitrogens with zero attached hydrogens (tertiary/aromatic N) is 2. The average molecular weight is 284 g/mol. The van der Waals surface area contributed by atoms with Crippen LogP contribution in [0.1, 0.15) is 25.0 Å². The highest BCUT2D eigenvalue weighted by molar-refractivity contribution is 5.20. The van der Waals surface area contributed by atoms with Crippen LogP contribution in [0.2, 0.25) is 0 Å². The highest BCUT2D eigenvalue weighted by Gasteiger charge is 2.08. The quantitative estimate of drug-likeness (QED) is 0.562. The van der Waals surface area contributed by atoms with Gasteiger partial charge in [0.25, 0.3) is 0 Å². The summed E-state index contributed by atoms with van der Waals surface area (Å²) in [6, 6.07) is 1.44. The van der Waals surface area contributed by atoms with E-state index in [9.17, 15) is 9.90 Å². The minimum absolute atomic E-state index is 0.0648. The Morgan fingerprint density at radius 3 is 2.60 bits per heavy atom. The highest BCUT2D eigenvalue weighted by Crippen LogP contribution is 2.10. The van der Waals surface area contributed by atoms with Crippen LogP contribution in [0.25, 0.3) is 0 Å². The summed E-state index contributed by atoms with van der Waals surface area (Å²) in [7, 11) is 1.86. The molecule has 0 spiro atoms. The van der Waals surface area contributed by atoms with Crippen LogP contribution >= 0.6 is 0 Å². The topological polar surface area (TPSA) is 85.9 Å². The van der Waals surface area contributed by atoms with Crippen molar-refractivity contribution in [2.24, 2.45) is 0 Å². The Hall–Kier alpha value is -1.37. The second kappa shape index (κ2) is 8.73. The molecule has 0 saturated carbocycles. The van der Waals surface area contributed by atoms with Gasteiger partial charge in [0.15, 0.2) is 5.75 Å². The summed E-state index contributed by atoms with van der Waals surface area (Å²) in [5.74, 6) is -0.249. The van der Waals surface area contributed by atoms with Gasteiger partial charge in [0, 0.05) is 38.0 Å². The van der Waals surface area contributed by atoms with Gasteiger partial charge in [-0.15, -0.1) is 0 Å². The molecule has 6 heteroatoms. The monoisotopic (exact) mass is 284 g/mol. The van der Waals surface area contributed by atoms with Crippen molar-refractivity contribution >= 4 is 0 Å². The molecule has 1 aromatic heterocycles. The lowest BCUT2D eigenvalue weighted by Crippen LogP contribution is -2.25. The molecule has 3 N–H and O–H groups in total. The Labute approximate surface area is 118 Å². The van der Waals surface area contributed by atoms with Crippen LogP contribution in [0, 0.1) is 0 Å². The molecule has 0 aliphatic heterocycles. The lowest BCUT2D eigenvalue weighted by Gasteiger charge is -2.19. The van der Waals surface area contributed by atoms with Gasteiger partial charge in [-0.3, -0.25) is 9.69 Å². The SMILES string of the molecule is CN(CCO)Cc1cc(=O)c(O)cn1CCCCCO. The molecule has 6 nitrogen and oxygen atoms in total. The van der Waals surface area contributed by atoms with Gasteiger partial charge in [0.1, 0.15) is 0 Å². The second-order valence-corrected chi connectivity index (χ2v) is 4.95. The fourth-order valence-corrected chi connectivity index (χ4v) is 2.04. The highest BCUT2D eigenvalue weighted by atomic mass is 16.3. The molecule has 0 fully saturated rings. The first-order valence-electron chi connectivity index (χ1n) is 6.91. The number of aliphatic hydroxyl groups excluding tert-OH is 2. The van der Waals surface area contributed by atoms with E-state index in [1.807, 2.05) is 16.5 Å². The molecule has 0 aliphatic carbocycles. The third-order valence-electron chi connectivity index (χ3n) is 3.17. The van der Waals surface area contributed by atoms with E-state index in [1.165, 1.54) is 12.3 Å². The Balaban J connectivity index is 2.78. The summed E-state index contributed by atoms with van der Waals surface area (Å²) in [6.45, 7) is 2.00. The zero-order valence-corrected chi connectivity index (χ0v) is 12.0. The van der Waals surface area contributed by atoms with Crippen molar-refractivity contribution in [3.05, 3.63) is 28.2 Å². The number of aromatic hydroxyl groups is 1. The molecule has 0 aliphatic rings. The van der Waals surface area contributed by atoms with E-state index >= 15 is 0 Å². The number of aromatic nitrogens is 1. The van der Waals surface area contributed by atoms with Crippen LogP contribution in [0.5, 0.6) is 5.75 Å². The Bertz CT molecular complexity index is 459. The maximum absolute atomic E-state index is 11.5. The van der Waals surface area contributed by atoms with Gasteiger partial charge in [-0.25, -0.2) is 0 Å². The summed E-state index contributed by atoms with van der Waals surface area (Å²) in [6.07, 6.45) is 3.99. The first kappa shape index (κ1) is 16.7. The Kier molecular flexibility index (Phi) is 7.28. The number of pyridine rings is 1. The smallest absolute Gasteiger partial charge is 0.223 e. The number of hydrogen-bond donors (Lipinski definition) is 3. The predicted molar refractivity (Wildman–Crippen MR) is 76.7 cm³/mol. The van der Waals surface area contributed by atoms with Crippen LogP contribution in [-0.2, 0) is 13.1 Å². The van der Waals surface area contributed by atoms with Gasteiger partial charge < -0.3 is 19.9 Å². The Morgan fingerprint density at radius 1 is 1.20 bits per heavy atom. The third-order valence-corrected chi connectivity index (χ3v) is 3.17. The zero-order chi connectivity index (χ0) is 15.0. The molecule has 0 amide bonds. The standard InChI is InChI=1S/C14H24N2O4/c1-15(6-8-18)10-12-9-13(19)14(20)11-16(12)5-3-2-4-7-17/h9,11,17-18,20H,2-8,10H2,1H3. The van der Waals surface area contributed by atoms with Gasteiger partial charge in [-0.1, -0.05) is 0 Å². The summed E-state index contributed by atoms with van der Waals surface area (Å²) in [4.78, 5) is 13.5. The number of likely N-dealkylation sites (N-methyl/N-ethyl adjacent to an activating group) is 1. The van der Waals surface area contributed by atoms with Crippen molar-refractivity contribution in [3.8, 4) is 5.75 Å². The van der Waals surface area contributed by atoms with E-state index in [0.29, 0.717) is 19.6 Å². The number of hydrogen-bond acceptors (Lipinski definition) is 5. The molecule has 0 radical (unpaired) electrons. The third kappa shape index (κ3) is 5.32. The van der Waals surface area contributed by atoms with Crippen LogP contribution in [-0.4, -0.2) is 51.6 Å². The van der Waals surface area contributed by atoms with Crippen LogP contribution in [0.4, 0.5) is 0 Å². The summed E-state index contributed by atoms with van der Waals surface area (Å²) >= 11 is 0. The molecule has 0 unspecified atom stereocenters. The molecule has 114 valence electrons. The van der Waals surface area contributed by atoms with Gasteiger partial charge in [-0.2, -0.15) is 0 Å². The summed E-state index contributed by atoms with van der Waals surface area (Å²) in [5, 5.41) is 27.2. The Morgan fingerprint density at radius 2 is 1.95 bits per heavy atom. The van der Waals surface area contributed by atoms with E-state index in [2.05, 4.69) is 0 Å². The number of aliphatic hydroxyl groups is 2. The van der Waals surface area contributed by atoms with Crippen molar-refractivity contribution < 1.29 is 15.3 Å². The molecule has 0 saturated heterocycles. The first-order valence-corrected chi connectivity index (χ1v) is 6.91. The summed E-state index contributed by atoms with van der Waals surface area (Å²) in [5.41, 5.74) is 0.428. The lowest BCUT2D eigenvalue weighted by atomic mass is 10.2. The van der Waals surface area contributed by atoms with Crippen LogP contribution < -0.4 is 5.43 Å². The fourth-order valence-electron chi connectivity index (χ4n) is 2.04. The molecular weight excluding hydrogens is 260 g/mol. The molecule has 1 rings (SSSR count). The minimum atomic E-state index is -0.385. The zero-order valence-electron chi connectivity index (χ0n) is 12.0. The maximum atomic E-state index is 11.5. The predicted octanol–water partition coefficient (Wildman–Crippen LogP) is 0.141. The van der Waals surface area contributed by atoms with Crippen LogP contribution in [0.15, 0.2) is 17.1 Å². The molecule has 1 heterocycles. The van der Waals surface area contributed by atoms with E-state index in [4.69, 9.17) is 10.2 Å². The fraction of sp³-hybridized carbons (Fsp3) is 0.643.